The molecule has 1 heterocycles. The molecular weight excluding hydrogens is 188 g/mol. The van der Waals surface area contributed by atoms with Crippen LogP contribution in [-0.4, -0.2) is 15.8 Å². The third-order valence-corrected chi connectivity index (χ3v) is 2.28. The Kier molecular flexibility index (Phi) is 2.46. The Morgan fingerprint density at radius 1 is 1.13 bits per heavy atom. The number of hydrogen-bond donors (Lipinski definition) is 0. The molecule has 0 aliphatic rings. The Labute approximate surface area is 88.2 Å². The maximum atomic E-state index is 11.7. The summed E-state index contributed by atoms with van der Waals surface area (Å²) in [6.45, 7) is 3.78. The molecule has 0 saturated heterocycles. The average Bonchev–Trinajstić information content (AvgIpc) is 2.27. The van der Waals surface area contributed by atoms with Crippen molar-refractivity contribution in [2.24, 2.45) is 5.92 Å². The van der Waals surface area contributed by atoms with Gasteiger partial charge in [0.25, 0.3) is 0 Å². The average molecular weight is 200 g/mol. The minimum absolute atomic E-state index is 0.0131. The predicted molar refractivity (Wildman–Crippen MR) is 58.7 cm³/mol. The van der Waals surface area contributed by atoms with Crippen molar-refractivity contribution in [3.05, 3.63) is 36.2 Å². The van der Waals surface area contributed by atoms with Gasteiger partial charge in [-0.25, -0.2) is 0 Å². The van der Waals surface area contributed by atoms with Crippen LogP contribution in [0.25, 0.3) is 11.0 Å². The first-order chi connectivity index (χ1) is 7.18. The van der Waals surface area contributed by atoms with Crippen LogP contribution < -0.4 is 0 Å². The van der Waals surface area contributed by atoms with Crippen LogP contribution in [0.5, 0.6) is 0 Å². The van der Waals surface area contributed by atoms with E-state index in [2.05, 4.69) is 9.97 Å². The molecule has 0 aliphatic carbocycles. The number of nitrogens with zero attached hydrogens (tertiary/aromatic N) is 2. The molecule has 1 aromatic carbocycles. The number of ketones is 1. The van der Waals surface area contributed by atoms with Gasteiger partial charge in [0.15, 0.2) is 5.78 Å². The Morgan fingerprint density at radius 2 is 1.80 bits per heavy atom. The minimum Gasteiger partial charge on any atom is -0.294 e. The lowest BCUT2D eigenvalue weighted by atomic mass is 10.0. The SMILES string of the molecule is CC(C)C(=O)c1ccc2nccnc2c1. The molecule has 0 atom stereocenters. The number of rotatable bonds is 2. The molecule has 0 N–H and O–H groups in total. The maximum absolute atomic E-state index is 11.7. The van der Waals surface area contributed by atoms with E-state index < -0.39 is 0 Å². The van der Waals surface area contributed by atoms with Gasteiger partial charge >= 0.3 is 0 Å². The standard InChI is InChI=1S/C12H12N2O/c1-8(2)12(15)9-3-4-10-11(7-9)14-6-5-13-10/h3-8H,1-2H3. The smallest absolute Gasteiger partial charge is 0.165 e. The van der Waals surface area contributed by atoms with Crippen molar-refractivity contribution in [3.8, 4) is 0 Å². The quantitative estimate of drug-likeness (QED) is 0.699. The Balaban J connectivity index is 2.52. The number of carbonyl (C=O) groups is 1. The van der Waals surface area contributed by atoms with Gasteiger partial charge in [0.05, 0.1) is 11.0 Å². The number of benzene rings is 1. The lowest BCUT2D eigenvalue weighted by molar-refractivity contribution is 0.0939. The maximum Gasteiger partial charge on any atom is 0.165 e. The van der Waals surface area contributed by atoms with Gasteiger partial charge in [0.1, 0.15) is 0 Å². The molecule has 2 rings (SSSR count). The topological polar surface area (TPSA) is 42.9 Å². The molecule has 76 valence electrons. The first kappa shape index (κ1) is 9.77. The molecule has 0 fully saturated rings. The fourth-order valence-electron chi connectivity index (χ4n) is 1.45. The van der Waals surface area contributed by atoms with Crippen molar-refractivity contribution in [2.45, 2.75) is 13.8 Å². The van der Waals surface area contributed by atoms with Crippen molar-refractivity contribution >= 4 is 16.8 Å². The highest BCUT2D eigenvalue weighted by molar-refractivity contribution is 5.99. The first-order valence-corrected chi connectivity index (χ1v) is 4.93. The monoisotopic (exact) mass is 200 g/mol. The van der Waals surface area contributed by atoms with Gasteiger partial charge in [0.2, 0.25) is 0 Å². The number of aromatic nitrogens is 2. The Bertz CT molecular complexity index is 506. The summed E-state index contributed by atoms with van der Waals surface area (Å²) in [5, 5.41) is 0. The summed E-state index contributed by atoms with van der Waals surface area (Å²) in [6, 6.07) is 5.43. The van der Waals surface area contributed by atoms with Gasteiger partial charge in [-0.3, -0.25) is 14.8 Å². The highest BCUT2D eigenvalue weighted by Gasteiger charge is 2.10. The molecule has 0 saturated carbocycles. The van der Waals surface area contributed by atoms with Gasteiger partial charge in [-0.05, 0) is 18.2 Å². The Hall–Kier alpha value is -1.77. The zero-order valence-electron chi connectivity index (χ0n) is 8.77. The van der Waals surface area contributed by atoms with Crippen LogP contribution in [0.15, 0.2) is 30.6 Å². The molecule has 0 amide bonds. The zero-order valence-corrected chi connectivity index (χ0v) is 8.77. The van der Waals surface area contributed by atoms with Crippen molar-refractivity contribution < 1.29 is 4.79 Å². The van der Waals surface area contributed by atoms with Gasteiger partial charge in [0, 0.05) is 23.9 Å². The van der Waals surface area contributed by atoms with Crippen LogP contribution in [-0.2, 0) is 0 Å². The molecule has 15 heavy (non-hydrogen) atoms. The second-order valence-electron chi connectivity index (χ2n) is 3.78. The largest absolute Gasteiger partial charge is 0.294 e. The van der Waals surface area contributed by atoms with Crippen molar-refractivity contribution in [1.82, 2.24) is 9.97 Å². The summed E-state index contributed by atoms with van der Waals surface area (Å²) in [6.07, 6.45) is 3.28. The van der Waals surface area contributed by atoms with Crippen LogP contribution in [0.1, 0.15) is 24.2 Å². The van der Waals surface area contributed by atoms with Crippen molar-refractivity contribution in [1.29, 1.82) is 0 Å². The van der Waals surface area contributed by atoms with Crippen LogP contribution >= 0.6 is 0 Å². The highest BCUT2D eigenvalue weighted by Crippen LogP contribution is 2.14. The molecule has 0 unspecified atom stereocenters. The number of Topliss-reactive ketones (excluding diaryl/α,β-unsaturated/α-hetero) is 1. The van der Waals surface area contributed by atoms with Crippen molar-refractivity contribution in [2.75, 3.05) is 0 Å². The Morgan fingerprint density at radius 3 is 2.47 bits per heavy atom. The van der Waals surface area contributed by atoms with E-state index in [0.717, 1.165) is 11.0 Å². The van der Waals surface area contributed by atoms with E-state index in [1.807, 2.05) is 19.9 Å². The molecule has 3 heteroatoms. The highest BCUT2D eigenvalue weighted by atomic mass is 16.1. The van der Waals surface area contributed by atoms with Gasteiger partial charge in [-0.2, -0.15) is 0 Å². The molecule has 2 aromatic rings. The van der Waals surface area contributed by atoms with Crippen LogP contribution in [0.3, 0.4) is 0 Å². The lowest BCUT2D eigenvalue weighted by Gasteiger charge is -2.04. The molecule has 0 radical (unpaired) electrons. The van der Waals surface area contributed by atoms with Gasteiger partial charge < -0.3 is 0 Å². The number of fused-ring (bicyclic) bond motifs is 1. The van der Waals surface area contributed by atoms with Crippen molar-refractivity contribution in [3.63, 3.8) is 0 Å². The third-order valence-electron chi connectivity index (χ3n) is 2.28. The second kappa shape index (κ2) is 3.77. The number of carbonyl (C=O) groups excluding carboxylic acids is 1. The fraction of sp³-hybridized carbons (Fsp3) is 0.250. The van der Waals surface area contributed by atoms with E-state index >= 15 is 0 Å². The number of hydrogen-bond acceptors (Lipinski definition) is 3. The minimum atomic E-state index is 0.0131. The second-order valence-corrected chi connectivity index (χ2v) is 3.78. The summed E-state index contributed by atoms with van der Waals surface area (Å²) in [4.78, 5) is 20.1. The summed E-state index contributed by atoms with van der Waals surface area (Å²) < 4.78 is 0. The summed E-state index contributed by atoms with van der Waals surface area (Å²) in [5.74, 6) is 0.154. The lowest BCUT2D eigenvalue weighted by Crippen LogP contribution is -2.07. The molecular formula is C12H12N2O. The van der Waals surface area contributed by atoms with Crippen LogP contribution in [0.2, 0.25) is 0 Å². The molecule has 0 aliphatic heterocycles. The zero-order chi connectivity index (χ0) is 10.8. The van der Waals surface area contributed by atoms with E-state index in [1.165, 1.54) is 0 Å². The normalized spacial score (nSPS) is 10.9. The van der Waals surface area contributed by atoms with E-state index in [9.17, 15) is 4.79 Å². The van der Waals surface area contributed by atoms with Gasteiger partial charge in [-0.1, -0.05) is 13.8 Å². The predicted octanol–water partition coefficient (Wildman–Crippen LogP) is 2.47. The van der Waals surface area contributed by atoms with E-state index in [0.29, 0.717) is 5.56 Å². The van der Waals surface area contributed by atoms with E-state index in [-0.39, 0.29) is 11.7 Å². The van der Waals surface area contributed by atoms with E-state index in [1.54, 1.807) is 24.5 Å². The fourth-order valence-corrected chi connectivity index (χ4v) is 1.45. The summed E-state index contributed by atoms with van der Waals surface area (Å²) in [5.41, 5.74) is 2.29. The summed E-state index contributed by atoms with van der Waals surface area (Å²) >= 11 is 0. The van der Waals surface area contributed by atoms with E-state index in [4.69, 9.17) is 0 Å². The molecule has 1 aromatic heterocycles. The molecule has 3 nitrogen and oxygen atoms in total. The summed E-state index contributed by atoms with van der Waals surface area (Å²) in [7, 11) is 0. The first-order valence-electron chi connectivity index (χ1n) is 4.93. The van der Waals surface area contributed by atoms with Crippen LogP contribution in [0, 0.1) is 5.92 Å². The third kappa shape index (κ3) is 1.86. The molecule has 0 spiro atoms. The van der Waals surface area contributed by atoms with Gasteiger partial charge in [-0.15, -0.1) is 0 Å². The van der Waals surface area contributed by atoms with Crippen LogP contribution in [0.4, 0.5) is 0 Å². The molecule has 0 bridgehead atoms.